The fourth-order valence-electron chi connectivity index (χ4n) is 1.30. The third kappa shape index (κ3) is 3.69. The van der Waals surface area contributed by atoms with E-state index in [0.717, 1.165) is 5.56 Å². The number of methoxy groups -OCH3 is 1. The zero-order valence-corrected chi connectivity index (χ0v) is 9.10. The normalized spacial score (nSPS) is 9.20. The predicted molar refractivity (Wildman–Crippen MR) is 57.1 cm³/mol. The van der Waals surface area contributed by atoms with E-state index in [1.165, 1.54) is 7.11 Å². The summed E-state index contributed by atoms with van der Waals surface area (Å²) in [5, 5.41) is 12.0. The molecule has 0 saturated carbocycles. The van der Waals surface area contributed by atoms with Gasteiger partial charge in [0.1, 0.15) is 0 Å². The van der Waals surface area contributed by atoms with E-state index in [-0.39, 0.29) is 5.97 Å². The van der Waals surface area contributed by atoms with Crippen molar-refractivity contribution in [3.8, 4) is 0 Å². The smallest absolute Gasteiger partial charge is 0.338 e. The lowest BCUT2D eigenvalue weighted by Crippen LogP contribution is -2.06. The van der Waals surface area contributed by atoms with Gasteiger partial charge in [-0.15, -0.1) is 0 Å². The number of rotatable bonds is 2. The van der Waals surface area contributed by atoms with Crippen LogP contribution in [0.15, 0.2) is 24.3 Å². The molecule has 0 aliphatic heterocycles. The minimum absolute atomic E-state index is 0.260. The van der Waals surface area contributed by atoms with E-state index >= 15 is 0 Å². The molecule has 0 radical (unpaired) electrons. The molecule has 0 amide bonds. The molecule has 0 fully saturated rings. The average Bonchev–Trinajstić information content (AvgIpc) is 2.30. The number of ether oxygens (including phenoxy) is 1. The van der Waals surface area contributed by atoms with Gasteiger partial charge in [0.15, 0.2) is 0 Å². The van der Waals surface area contributed by atoms with Crippen molar-refractivity contribution in [2.45, 2.75) is 19.8 Å². The third-order valence-electron chi connectivity index (χ3n) is 1.99. The van der Waals surface area contributed by atoms with E-state index in [9.17, 15) is 4.79 Å². The average molecular weight is 212 g/mol. The number of carbonyl (C=O) groups is 1. The fourth-order valence-corrected chi connectivity index (χ4v) is 1.30. The molecule has 0 saturated heterocycles. The Morgan fingerprint density at radius 3 is 2.27 bits per heavy atom. The van der Waals surface area contributed by atoms with Gasteiger partial charge in [0.2, 0.25) is 0 Å². The second-order valence-electron chi connectivity index (χ2n) is 3.23. The van der Waals surface area contributed by atoms with Gasteiger partial charge < -0.3 is 4.74 Å². The van der Waals surface area contributed by atoms with Crippen LogP contribution in [0.2, 0.25) is 0 Å². The second-order valence-corrected chi connectivity index (χ2v) is 3.23. The molecule has 0 aliphatic rings. The predicted octanol–water partition coefficient (Wildman–Crippen LogP) is 2.61. The lowest BCUT2D eigenvalue weighted by atomic mass is 9.97. The Balaban J connectivity index is 0.000000921. The Labute approximate surface area is 89.1 Å². The van der Waals surface area contributed by atoms with Crippen LogP contribution in [0.4, 0.5) is 0 Å². The van der Waals surface area contributed by atoms with Crippen molar-refractivity contribution in [3.63, 3.8) is 0 Å². The molecule has 0 aromatic heterocycles. The van der Waals surface area contributed by atoms with Gasteiger partial charge in [-0.25, -0.2) is 4.79 Å². The molecule has 0 spiro atoms. The van der Waals surface area contributed by atoms with E-state index in [0.29, 0.717) is 11.5 Å². The van der Waals surface area contributed by atoms with Gasteiger partial charge in [-0.1, -0.05) is 32.0 Å². The maximum absolute atomic E-state index is 11.3. The zero-order chi connectivity index (χ0) is 11.8. The number of carbonyl (C=O) groups excluding carboxylic acids is 1. The van der Waals surface area contributed by atoms with Gasteiger partial charge in [-0.3, -0.25) is 10.5 Å². The second kappa shape index (κ2) is 6.98. The van der Waals surface area contributed by atoms with E-state index in [4.69, 9.17) is 10.5 Å². The van der Waals surface area contributed by atoms with Crippen LogP contribution in [0.25, 0.3) is 0 Å². The van der Waals surface area contributed by atoms with Gasteiger partial charge in [-0.2, -0.15) is 0 Å². The summed E-state index contributed by atoms with van der Waals surface area (Å²) in [5.74, 6) is 0.0830. The van der Waals surface area contributed by atoms with Crippen molar-refractivity contribution in [3.05, 3.63) is 35.4 Å². The summed E-state index contributed by atoms with van der Waals surface area (Å²) in [6.07, 6.45) is 0. The van der Waals surface area contributed by atoms with Crippen LogP contribution in [0.5, 0.6) is 0 Å². The maximum Gasteiger partial charge on any atom is 0.338 e. The summed E-state index contributed by atoms with van der Waals surface area (Å²) in [5.41, 5.74) is 1.70. The largest absolute Gasteiger partial charge is 0.465 e. The molecule has 0 unspecified atom stereocenters. The van der Waals surface area contributed by atoms with Crippen molar-refractivity contribution in [1.29, 1.82) is 0 Å². The van der Waals surface area contributed by atoms with E-state index in [1.807, 2.05) is 18.2 Å². The highest BCUT2D eigenvalue weighted by Gasteiger charge is 2.12. The lowest BCUT2D eigenvalue weighted by molar-refractivity contribution is -0.176. The Kier molecular flexibility index (Phi) is 6.33. The fraction of sp³-hybridized carbons (Fsp3) is 0.364. The summed E-state index contributed by atoms with van der Waals surface area (Å²) < 4.78 is 4.69. The van der Waals surface area contributed by atoms with E-state index < -0.39 is 0 Å². The molecule has 4 heteroatoms. The van der Waals surface area contributed by atoms with Crippen molar-refractivity contribution in [2.24, 2.45) is 0 Å². The minimum Gasteiger partial charge on any atom is -0.465 e. The van der Waals surface area contributed by atoms with Crippen LogP contribution in [-0.2, 0) is 4.74 Å². The summed E-state index contributed by atoms with van der Waals surface area (Å²) in [7, 11) is 1.40. The van der Waals surface area contributed by atoms with Crippen LogP contribution < -0.4 is 0 Å². The topological polar surface area (TPSA) is 66.8 Å². The van der Waals surface area contributed by atoms with Crippen molar-refractivity contribution >= 4 is 5.97 Å². The molecular weight excluding hydrogens is 196 g/mol. The van der Waals surface area contributed by atoms with Crippen molar-refractivity contribution in [2.75, 3.05) is 7.11 Å². The van der Waals surface area contributed by atoms with Crippen LogP contribution in [0, 0.1) is 0 Å². The molecule has 1 rings (SSSR count). The standard InChI is InChI=1S/C11H14O2.H2O2/c1-8(2)9-6-4-5-7-10(9)11(12)13-3;1-2/h4-8H,1-3H3;1-2H. The van der Waals surface area contributed by atoms with Gasteiger partial charge in [0, 0.05) is 0 Å². The first-order chi connectivity index (χ1) is 7.16. The minimum atomic E-state index is -0.260. The first-order valence-electron chi connectivity index (χ1n) is 4.54. The van der Waals surface area contributed by atoms with Crippen LogP contribution in [-0.4, -0.2) is 23.6 Å². The van der Waals surface area contributed by atoms with Gasteiger partial charge in [0.05, 0.1) is 12.7 Å². The molecular formula is C11H16O4. The van der Waals surface area contributed by atoms with E-state index in [2.05, 4.69) is 18.6 Å². The number of hydrogen-bond donors (Lipinski definition) is 2. The van der Waals surface area contributed by atoms with Crippen LogP contribution >= 0.6 is 0 Å². The van der Waals surface area contributed by atoms with Gasteiger partial charge in [0.25, 0.3) is 0 Å². The van der Waals surface area contributed by atoms with Gasteiger partial charge >= 0.3 is 5.97 Å². The molecule has 1 aromatic rings. The molecule has 0 heterocycles. The summed E-state index contributed by atoms with van der Waals surface area (Å²) in [4.78, 5) is 11.3. The summed E-state index contributed by atoms with van der Waals surface area (Å²) in [6.45, 7) is 4.11. The Bertz CT molecular complexity index is 307. The first-order valence-corrected chi connectivity index (χ1v) is 4.54. The highest BCUT2D eigenvalue weighted by Crippen LogP contribution is 2.19. The summed E-state index contributed by atoms with van der Waals surface area (Å²) >= 11 is 0. The Morgan fingerprint density at radius 2 is 1.80 bits per heavy atom. The zero-order valence-electron chi connectivity index (χ0n) is 9.10. The highest BCUT2D eigenvalue weighted by molar-refractivity contribution is 5.91. The Hall–Kier alpha value is -1.39. The molecule has 84 valence electrons. The molecule has 0 aliphatic carbocycles. The summed E-state index contributed by atoms with van der Waals surface area (Å²) in [6, 6.07) is 7.53. The molecule has 0 bridgehead atoms. The molecule has 4 nitrogen and oxygen atoms in total. The molecule has 0 atom stereocenters. The molecule has 1 aromatic carbocycles. The van der Waals surface area contributed by atoms with Crippen molar-refractivity contribution in [1.82, 2.24) is 0 Å². The molecule has 2 N–H and O–H groups in total. The Morgan fingerprint density at radius 1 is 1.27 bits per heavy atom. The van der Waals surface area contributed by atoms with Crippen LogP contribution in [0.3, 0.4) is 0 Å². The maximum atomic E-state index is 11.3. The van der Waals surface area contributed by atoms with Crippen molar-refractivity contribution < 1.29 is 20.0 Å². The quantitative estimate of drug-likeness (QED) is 0.449. The number of hydrogen-bond acceptors (Lipinski definition) is 4. The number of benzene rings is 1. The highest BCUT2D eigenvalue weighted by atomic mass is 17.0. The monoisotopic (exact) mass is 212 g/mol. The van der Waals surface area contributed by atoms with Crippen LogP contribution in [0.1, 0.15) is 35.7 Å². The molecule has 15 heavy (non-hydrogen) atoms. The SMILES string of the molecule is COC(=O)c1ccccc1C(C)C.OO. The lowest BCUT2D eigenvalue weighted by Gasteiger charge is -2.09. The first kappa shape index (κ1) is 13.6. The number of esters is 1. The van der Waals surface area contributed by atoms with E-state index in [1.54, 1.807) is 6.07 Å². The third-order valence-corrected chi connectivity index (χ3v) is 1.99. The van der Waals surface area contributed by atoms with Gasteiger partial charge in [-0.05, 0) is 17.5 Å².